The van der Waals surface area contributed by atoms with Crippen LogP contribution in [0.3, 0.4) is 0 Å². The van der Waals surface area contributed by atoms with Crippen LogP contribution in [-0.2, 0) is 11.2 Å². The van der Waals surface area contributed by atoms with Crippen LogP contribution in [0.2, 0.25) is 0 Å². The van der Waals surface area contributed by atoms with Gasteiger partial charge in [-0.3, -0.25) is 4.79 Å². The lowest BCUT2D eigenvalue weighted by molar-refractivity contribution is -0.119. The fourth-order valence-electron chi connectivity index (χ4n) is 2.57. The van der Waals surface area contributed by atoms with Gasteiger partial charge in [-0.05, 0) is 30.4 Å². The summed E-state index contributed by atoms with van der Waals surface area (Å²) in [4.78, 5) is 14.1. The second kappa shape index (κ2) is 3.24. The number of rotatable bonds is 1. The molecule has 3 nitrogen and oxygen atoms in total. The molecule has 1 fully saturated rings. The minimum Gasteiger partial charge on any atom is -0.397 e. The molecule has 2 N–H and O–H groups in total. The molecule has 16 heavy (non-hydrogen) atoms. The zero-order valence-corrected chi connectivity index (χ0v) is 9.44. The zero-order valence-electron chi connectivity index (χ0n) is 9.44. The van der Waals surface area contributed by atoms with Crippen LogP contribution in [0.15, 0.2) is 18.2 Å². The summed E-state index contributed by atoms with van der Waals surface area (Å²) >= 11 is 0. The summed E-state index contributed by atoms with van der Waals surface area (Å²) in [5.41, 5.74) is 8.87. The Kier molecular flexibility index (Phi) is 1.96. The summed E-state index contributed by atoms with van der Waals surface area (Å²) in [6, 6.07) is 5.90. The average Bonchev–Trinajstić information content (AvgIpc) is 2.83. The van der Waals surface area contributed by atoms with Gasteiger partial charge in [0.1, 0.15) is 0 Å². The summed E-state index contributed by atoms with van der Waals surface area (Å²) in [7, 11) is 0. The molecule has 84 valence electrons. The Morgan fingerprint density at radius 1 is 1.50 bits per heavy atom. The van der Waals surface area contributed by atoms with Crippen LogP contribution in [0.25, 0.3) is 0 Å². The Balaban J connectivity index is 1.93. The number of nitrogens with two attached hydrogens (primary N) is 1. The third-order valence-electron chi connectivity index (χ3n) is 3.72. The molecule has 2 aliphatic rings. The maximum atomic E-state index is 12.2. The van der Waals surface area contributed by atoms with Gasteiger partial charge in [-0.1, -0.05) is 19.1 Å². The number of para-hydroxylation sites is 1. The minimum atomic E-state index is 0.241. The largest absolute Gasteiger partial charge is 0.397 e. The Hall–Kier alpha value is -1.51. The molecule has 0 saturated heterocycles. The molecule has 1 aromatic rings. The zero-order chi connectivity index (χ0) is 11.3. The van der Waals surface area contributed by atoms with Crippen molar-refractivity contribution >= 4 is 17.3 Å². The monoisotopic (exact) mass is 216 g/mol. The van der Waals surface area contributed by atoms with Crippen LogP contribution >= 0.6 is 0 Å². The van der Waals surface area contributed by atoms with E-state index in [1.807, 2.05) is 17.0 Å². The van der Waals surface area contributed by atoms with E-state index in [1.165, 1.54) is 5.56 Å². The van der Waals surface area contributed by atoms with Crippen molar-refractivity contribution in [3.63, 3.8) is 0 Å². The van der Waals surface area contributed by atoms with Gasteiger partial charge in [0, 0.05) is 12.5 Å². The number of carbonyl (C=O) groups is 1. The molecule has 1 aromatic carbocycles. The van der Waals surface area contributed by atoms with Gasteiger partial charge in [0.15, 0.2) is 0 Å². The van der Waals surface area contributed by atoms with E-state index in [0.717, 1.165) is 30.8 Å². The van der Waals surface area contributed by atoms with Crippen LogP contribution in [0.4, 0.5) is 11.4 Å². The molecular weight excluding hydrogens is 200 g/mol. The van der Waals surface area contributed by atoms with Gasteiger partial charge in [0.25, 0.3) is 0 Å². The van der Waals surface area contributed by atoms with Crippen molar-refractivity contribution in [1.82, 2.24) is 0 Å². The highest BCUT2D eigenvalue weighted by Gasteiger charge is 2.43. The maximum absolute atomic E-state index is 12.2. The number of benzene rings is 1. The van der Waals surface area contributed by atoms with E-state index in [2.05, 4.69) is 13.0 Å². The minimum absolute atomic E-state index is 0.241. The smallest absolute Gasteiger partial charge is 0.230 e. The van der Waals surface area contributed by atoms with Gasteiger partial charge in [0.05, 0.1) is 11.4 Å². The molecule has 3 heteroatoms. The first-order valence-corrected chi connectivity index (χ1v) is 5.87. The van der Waals surface area contributed by atoms with Gasteiger partial charge in [-0.15, -0.1) is 0 Å². The lowest BCUT2D eigenvalue weighted by atomic mass is 10.1. The number of anilines is 2. The summed E-state index contributed by atoms with van der Waals surface area (Å²) in [6.45, 7) is 2.93. The molecule has 2 atom stereocenters. The summed E-state index contributed by atoms with van der Waals surface area (Å²) in [5, 5.41) is 0. The predicted molar refractivity (Wildman–Crippen MR) is 64.2 cm³/mol. The van der Waals surface area contributed by atoms with Crippen LogP contribution in [0, 0.1) is 11.8 Å². The number of hydrogen-bond acceptors (Lipinski definition) is 2. The van der Waals surface area contributed by atoms with Gasteiger partial charge in [0.2, 0.25) is 5.91 Å². The number of carbonyl (C=O) groups excluding carboxylic acids is 1. The highest BCUT2D eigenvalue weighted by atomic mass is 16.2. The Morgan fingerprint density at radius 3 is 2.94 bits per heavy atom. The van der Waals surface area contributed by atoms with Gasteiger partial charge in [-0.2, -0.15) is 0 Å². The van der Waals surface area contributed by atoms with E-state index in [0.29, 0.717) is 5.92 Å². The highest BCUT2D eigenvalue weighted by molar-refractivity contribution is 6.01. The summed E-state index contributed by atoms with van der Waals surface area (Å²) in [5.74, 6) is 1.07. The van der Waals surface area contributed by atoms with Crippen LogP contribution in [0.5, 0.6) is 0 Å². The van der Waals surface area contributed by atoms with Crippen molar-refractivity contribution in [3.8, 4) is 0 Å². The first-order valence-electron chi connectivity index (χ1n) is 5.87. The molecule has 1 aliphatic carbocycles. The molecule has 0 aromatic heterocycles. The van der Waals surface area contributed by atoms with Crippen LogP contribution < -0.4 is 10.6 Å². The van der Waals surface area contributed by atoms with Crippen molar-refractivity contribution in [2.24, 2.45) is 11.8 Å². The standard InChI is InChI=1S/C13H16N2O/c1-8-7-10(8)13(16)15-6-5-9-3-2-4-11(14)12(9)15/h2-4,8,10H,5-7,14H2,1H3. The first-order chi connectivity index (χ1) is 7.68. The summed E-state index contributed by atoms with van der Waals surface area (Å²) < 4.78 is 0. The average molecular weight is 216 g/mol. The highest BCUT2D eigenvalue weighted by Crippen LogP contribution is 2.43. The van der Waals surface area contributed by atoms with Crippen molar-refractivity contribution in [1.29, 1.82) is 0 Å². The van der Waals surface area contributed by atoms with E-state index in [1.54, 1.807) is 0 Å². The molecule has 1 aliphatic heterocycles. The van der Waals surface area contributed by atoms with Crippen molar-refractivity contribution < 1.29 is 4.79 Å². The third-order valence-corrected chi connectivity index (χ3v) is 3.72. The quantitative estimate of drug-likeness (QED) is 0.728. The number of fused-ring (bicyclic) bond motifs is 1. The van der Waals surface area contributed by atoms with Gasteiger partial charge >= 0.3 is 0 Å². The molecular formula is C13H16N2O. The Morgan fingerprint density at radius 2 is 2.25 bits per heavy atom. The molecule has 1 heterocycles. The number of nitrogens with zero attached hydrogens (tertiary/aromatic N) is 1. The molecule has 0 radical (unpaired) electrons. The van der Waals surface area contributed by atoms with Crippen LogP contribution in [-0.4, -0.2) is 12.5 Å². The molecule has 2 unspecified atom stereocenters. The Bertz CT molecular complexity index is 455. The topological polar surface area (TPSA) is 46.3 Å². The normalized spacial score (nSPS) is 26.7. The van der Waals surface area contributed by atoms with E-state index in [9.17, 15) is 4.79 Å². The summed E-state index contributed by atoms with van der Waals surface area (Å²) in [6.07, 6.45) is 1.98. The number of amides is 1. The SMILES string of the molecule is CC1CC1C(=O)N1CCc2cccc(N)c21. The fraction of sp³-hybridized carbons (Fsp3) is 0.462. The van der Waals surface area contributed by atoms with Crippen LogP contribution in [0.1, 0.15) is 18.9 Å². The maximum Gasteiger partial charge on any atom is 0.230 e. The molecule has 1 saturated carbocycles. The third kappa shape index (κ3) is 1.31. The fourth-order valence-corrected chi connectivity index (χ4v) is 2.57. The molecule has 1 amide bonds. The molecule has 0 bridgehead atoms. The van der Waals surface area contributed by atoms with Gasteiger partial charge < -0.3 is 10.6 Å². The number of hydrogen-bond donors (Lipinski definition) is 1. The first kappa shape index (κ1) is 9.70. The van der Waals surface area contributed by atoms with E-state index in [4.69, 9.17) is 5.73 Å². The van der Waals surface area contributed by atoms with Crippen molar-refractivity contribution in [3.05, 3.63) is 23.8 Å². The second-order valence-electron chi connectivity index (χ2n) is 4.91. The molecule has 3 rings (SSSR count). The van der Waals surface area contributed by atoms with E-state index in [-0.39, 0.29) is 11.8 Å². The molecule has 0 spiro atoms. The number of nitrogen functional groups attached to an aromatic ring is 1. The van der Waals surface area contributed by atoms with Crippen molar-refractivity contribution in [2.45, 2.75) is 19.8 Å². The lowest BCUT2D eigenvalue weighted by Gasteiger charge is -2.18. The van der Waals surface area contributed by atoms with Crippen molar-refractivity contribution in [2.75, 3.05) is 17.2 Å². The second-order valence-corrected chi connectivity index (χ2v) is 4.91. The predicted octanol–water partition coefficient (Wildman–Crippen LogP) is 1.81. The Labute approximate surface area is 95.2 Å². The lowest BCUT2D eigenvalue weighted by Crippen LogP contribution is -2.31. The van der Waals surface area contributed by atoms with Gasteiger partial charge in [-0.25, -0.2) is 0 Å². The van der Waals surface area contributed by atoms with E-state index < -0.39 is 0 Å². The van der Waals surface area contributed by atoms with E-state index >= 15 is 0 Å².